The van der Waals surface area contributed by atoms with Gasteiger partial charge in [0.05, 0.1) is 6.20 Å². The smallest absolute Gasteiger partial charge is 0.181 e. The molecule has 1 aromatic heterocycles. The third-order valence-electron chi connectivity index (χ3n) is 3.56. The van der Waals surface area contributed by atoms with Crippen LogP contribution in [0.2, 0.25) is 0 Å². The minimum absolute atomic E-state index is 0.785. The minimum Gasteiger partial charge on any atom is -0.444 e. The predicted molar refractivity (Wildman–Crippen MR) is 85.1 cm³/mol. The van der Waals surface area contributed by atoms with Gasteiger partial charge in [-0.1, -0.05) is 43.3 Å². The molecule has 0 aliphatic carbocycles. The molecule has 0 amide bonds. The lowest BCUT2D eigenvalue weighted by Crippen LogP contribution is -2.02. The van der Waals surface area contributed by atoms with E-state index in [9.17, 15) is 0 Å². The first-order chi connectivity index (χ1) is 10.4. The molecule has 3 rings (SSSR count). The van der Waals surface area contributed by atoms with Crippen LogP contribution in [-0.2, 0) is 13.0 Å². The Morgan fingerprint density at radius 1 is 1.05 bits per heavy atom. The van der Waals surface area contributed by atoms with Crippen molar-refractivity contribution in [3.8, 4) is 11.3 Å². The van der Waals surface area contributed by atoms with Crippen molar-refractivity contribution in [3.63, 3.8) is 0 Å². The van der Waals surface area contributed by atoms with Crippen molar-refractivity contribution in [3.05, 3.63) is 72.2 Å². The van der Waals surface area contributed by atoms with E-state index < -0.39 is 0 Å². The standard InChI is InChI=1S/C18H18N2O/c1-2-14-6-3-4-7-16(14)11-20-17-9-5-8-15(10-17)18-12-19-13-21-18/h3-10,12-13,20H,2,11H2,1H3. The summed E-state index contributed by atoms with van der Waals surface area (Å²) in [5.41, 5.74) is 4.83. The van der Waals surface area contributed by atoms with Crippen molar-refractivity contribution >= 4 is 5.69 Å². The minimum atomic E-state index is 0.785. The molecule has 0 saturated carbocycles. The van der Waals surface area contributed by atoms with Crippen molar-refractivity contribution in [2.45, 2.75) is 19.9 Å². The first kappa shape index (κ1) is 13.4. The highest BCUT2D eigenvalue weighted by Crippen LogP contribution is 2.22. The Bertz CT molecular complexity index is 705. The second kappa shape index (κ2) is 6.27. The largest absolute Gasteiger partial charge is 0.444 e. The van der Waals surface area contributed by atoms with Crippen LogP contribution in [0.1, 0.15) is 18.1 Å². The molecule has 21 heavy (non-hydrogen) atoms. The number of aryl methyl sites for hydroxylation is 1. The molecule has 0 unspecified atom stereocenters. The SMILES string of the molecule is CCc1ccccc1CNc1cccc(-c2cnco2)c1. The number of nitrogens with zero attached hydrogens (tertiary/aromatic N) is 1. The molecular weight excluding hydrogens is 260 g/mol. The van der Waals surface area contributed by atoms with E-state index in [0.29, 0.717) is 0 Å². The molecule has 0 atom stereocenters. The molecule has 106 valence electrons. The number of hydrogen-bond donors (Lipinski definition) is 1. The average Bonchev–Trinajstić information content (AvgIpc) is 3.08. The van der Waals surface area contributed by atoms with Crippen molar-refractivity contribution in [2.75, 3.05) is 5.32 Å². The Morgan fingerprint density at radius 3 is 2.67 bits per heavy atom. The zero-order chi connectivity index (χ0) is 14.5. The molecule has 1 N–H and O–H groups in total. The fourth-order valence-corrected chi connectivity index (χ4v) is 2.41. The van der Waals surface area contributed by atoms with Crippen molar-refractivity contribution in [1.82, 2.24) is 4.98 Å². The zero-order valence-corrected chi connectivity index (χ0v) is 12.0. The average molecular weight is 278 g/mol. The summed E-state index contributed by atoms with van der Waals surface area (Å²) in [4.78, 5) is 3.96. The van der Waals surface area contributed by atoms with Gasteiger partial charge in [0.25, 0.3) is 0 Å². The van der Waals surface area contributed by atoms with Crippen LogP contribution in [0.4, 0.5) is 5.69 Å². The summed E-state index contributed by atoms with van der Waals surface area (Å²) in [7, 11) is 0. The monoisotopic (exact) mass is 278 g/mol. The molecule has 0 radical (unpaired) electrons. The summed E-state index contributed by atoms with van der Waals surface area (Å²) in [6, 6.07) is 16.7. The predicted octanol–water partition coefficient (Wildman–Crippen LogP) is 4.52. The first-order valence-corrected chi connectivity index (χ1v) is 7.16. The molecule has 1 heterocycles. The van der Waals surface area contributed by atoms with Gasteiger partial charge in [0.2, 0.25) is 0 Å². The molecule has 3 aromatic rings. The molecule has 0 aliphatic heterocycles. The quantitative estimate of drug-likeness (QED) is 0.746. The lowest BCUT2D eigenvalue weighted by Gasteiger charge is -2.11. The Labute approximate surface area is 124 Å². The highest BCUT2D eigenvalue weighted by atomic mass is 16.3. The number of anilines is 1. The van der Waals surface area contributed by atoms with E-state index in [0.717, 1.165) is 30.0 Å². The molecule has 0 spiro atoms. The van der Waals surface area contributed by atoms with Crippen LogP contribution < -0.4 is 5.32 Å². The van der Waals surface area contributed by atoms with E-state index in [1.807, 2.05) is 12.1 Å². The third kappa shape index (κ3) is 3.14. The van der Waals surface area contributed by atoms with Gasteiger partial charge < -0.3 is 9.73 Å². The summed E-state index contributed by atoms with van der Waals surface area (Å²) in [6.45, 7) is 3.01. The summed E-state index contributed by atoms with van der Waals surface area (Å²) < 4.78 is 5.33. The number of aromatic nitrogens is 1. The number of nitrogens with one attached hydrogen (secondary N) is 1. The maximum atomic E-state index is 5.33. The molecule has 3 nitrogen and oxygen atoms in total. The fraction of sp³-hybridized carbons (Fsp3) is 0.167. The van der Waals surface area contributed by atoms with Crippen LogP contribution in [0.3, 0.4) is 0 Å². The summed E-state index contributed by atoms with van der Waals surface area (Å²) in [6.07, 6.45) is 4.23. The molecule has 0 fully saturated rings. The highest BCUT2D eigenvalue weighted by molar-refractivity contribution is 5.63. The van der Waals surface area contributed by atoms with Crippen LogP contribution in [0.5, 0.6) is 0 Å². The van der Waals surface area contributed by atoms with Crippen LogP contribution >= 0.6 is 0 Å². The van der Waals surface area contributed by atoms with Gasteiger partial charge in [0.1, 0.15) is 0 Å². The molecule has 0 bridgehead atoms. The van der Waals surface area contributed by atoms with Crippen LogP contribution in [-0.4, -0.2) is 4.98 Å². The topological polar surface area (TPSA) is 38.1 Å². The molecule has 0 aliphatic rings. The van der Waals surface area contributed by atoms with Gasteiger partial charge in [-0.2, -0.15) is 0 Å². The van der Waals surface area contributed by atoms with E-state index in [-0.39, 0.29) is 0 Å². The van der Waals surface area contributed by atoms with Crippen molar-refractivity contribution < 1.29 is 4.42 Å². The lowest BCUT2D eigenvalue weighted by molar-refractivity contribution is 0.572. The molecular formula is C18H18N2O. The number of benzene rings is 2. The van der Waals surface area contributed by atoms with E-state index in [2.05, 4.69) is 53.6 Å². The molecule has 0 saturated heterocycles. The maximum Gasteiger partial charge on any atom is 0.181 e. The molecule has 2 aromatic carbocycles. The van der Waals surface area contributed by atoms with Gasteiger partial charge >= 0.3 is 0 Å². The van der Waals surface area contributed by atoms with Crippen LogP contribution in [0, 0.1) is 0 Å². The summed E-state index contributed by atoms with van der Waals surface area (Å²) >= 11 is 0. The second-order valence-corrected chi connectivity index (χ2v) is 4.92. The van der Waals surface area contributed by atoms with Gasteiger partial charge in [-0.3, -0.25) is 0 Å². The van der Waals surface area contributed by atoms with Gasteiger partial charge in [-0.25, -0.2) is 4.98 Å². The maximum absolute atomic E-state index is 5.33. The van der Waals surface area contributed by atoms with Crippen molar-refractivity contribution in [2.24, 2.45) is 0 Å². The zero-order valence-electron chi connectivity index (χ0n) is 12.0. The Kier molecular flexibility index (Phi) is 4.01. The van der Waals surface area contributed by atoms with Gasteiger partial charge in [-0.15, -0.1) is 0 Å². The lowest BCUT2D eigenvalue weighted by atomic mass is 10.1. The highest BCUT2D eigenvalue weighted by Gasteiger charge is 2.03. The van der Waals surface area contributed by atoms with Crippen LogP contribution in [0.15, 0.2) is 65.5 Å². The summed E-state index contributed by atoms with van der Waals surface area (Å²) in [5.74, 6) is 0.785. The van der Waals surface area contributed by atoms with E-state index in [4.69, 9.17) is 4.42 Å². The van der Waals surface area contributed by atoms with E-state index in [1.54, 1.807) is 6.20 Å². The van der Waals surface area contributed by atoms with E-state index in [1.165, 1.54) is 17.5 Å². The first-order valence-electron chi connectivity index (χ1n) is 7.16. The Morgan fingerprint density at radius 2 is 1.90 bits per heavy atom. The van der Waals surface area contributed by atoms with Gasteiger partial charge in [0, 0.05) is 17.8 Å². The van der Waals surface area contributed by atoms with Gasteiger partial charge in [0.15, 0.2) is 12.2 Å². The number of rotatable bonds is 5. The molecule has 3 heteroatoms. The number of hydrogen-bond acceptors (Lipinski definition) is 3. The third-order valence-corrected chi connectivity index (χ3v) is 3.56. The summed E-state index contributed by atoms with van der Waals surface area (Å²) in [5, 5.41) is 3.48. The van der Waals surface area contributed by atoms with Crippen molar-refractivity contribution in [1.29, 1.82) is 0 Å². The Hall–Kier alpha value is -2.55. The fourth-order valence-electron chi connectivity index (χ4n) is 2.41. The Balaban J connectivity index is 1.75. The second-order valence-electron chi connectivity index (χ2n) is 4.92. The van der Waals surface area contributed by atoms with Crippen LogP contribution in [0.25, 0.3) is 11.3 Å². The van der Waals surface area contributed by atoms with E-state index >= 15 is 0 Å². The van der Waals surface area contributed by atoms with Gasteiger partial charge in [-0.05, 0) is 29.7 Å². The number of oxazole rings is 1. The normalized spacial score (nSPS) is 10.5.